The van der Waals surface area contributed by atoms with Gasteiger partial charge in [0, 0.05) is 42.4 Å². The van der Waals surface area contributed by atoms with Crippen molar-refractivity contribution in [2.24, 2.45) is 0 Å². The summed E-state index contributed by atoms with van der Waals surface area (Å²) in [5, 5.41) is 7.06. The molecule has 5 aromatic rings. The van der Waals surface area contributed by atoms with Gasteiger partial charge in [0.25, 0.3) is 11.5 Å². The van der Waals surface area contributed by atoms with Crippen LogP contribution in [0, 0.1) is 5.82 Å². The van der Waals surface area contributed by atoms with E-state index in [1.807, 2.05) is 12.1 Å². The van der Waals surface area contributed by atoms with Gasteiger partial charge in [0.1, 0.15) is 17.0 Å². The van der Waals surface area contributed by atoms with E-state index in [9.17, 15) is 14.0 Å². The molecule has 0 atom stereocenters. The third kappa shape index (κ3) is 3.30. The highest BCUT2D eigenvalue weighted by Gasteiger charge is 2.18. The summed E-state index contributed by atoms with van der Waals surface area (Å²) in [5.74, 6) is -0.544. The molecule has 0 aliphatic heterocycles. The van der Waals surface area contributed by atoms with Gasteiger partial charge >= 0.3 is 0 Å². The summed E-state index contributed by atoms with van der Waals surface area (Å²) in [4.78, 5) is 33.7. The van der Waals surface area contributed by atoms with E-state index in [0.29, 0.717) is 33.1 Å². The van der Waals surface area contributed by atoms with Crippen molar-refractivity contribution in [2.75, 3.05) is 19.8 Å². The zero-order valence-electron chi connectivity index (χ0n) is 17.8. The fourth-order valence-electron chi connectivity index (χ4n) is 3.90. The van der Waals surface area contributed by atoms with Crippen LogP contribution in [0.25, 0.3) is 44.2 Å². The van der Waals surface area contributed by atoms with Gasteiger partial charge in [-0.2, -0.15) is 5.10 Å². The number of H-pyrrole nitrogens is 2. The fraction of sp³-hybridized carbons (Fsp3) is 0.0833. The van der Waals surface area contributed by atoms with Crippen molar-refractivity contribution in [3.8, 4) is 22.3 Å². The lowest BCUT2D eigenvalue weighted by Crippen LogP contribution is -2.21. The van der Waals surface area contributed by atoms with Crippen molar-refractivity contribution in [1.29, 1.82) is 0 Å². The van der Waals surface area contributed by atoms with E-state index in [-0.39, 0.29) is 17.1 Å². The van der Waals surface area contributed by atoms with Gasteiger partial charge in [-0.1, -0.05) is 18.2 Å². The number of nitrogens with two attached hydrogens (primary N) is 1. The van der Waals surface area contributed by atoms with Crippen LogP contribution in [-0.4, -0.2) is 45.1 Å². The van der Waals surface area contributed by atoms with Crippen LogP contribution in [-0.2, 0) is 0 Å². The molecule has 9 heteroatoms. The largest absolute Gasteiger partial charge is 0.394 e. The predicted octanol–water partition coefficient (Wildman–Crippen LogP) is 3.56. The number of aromatic amines is 2. The molecular weight excluding hydrogens is 423 g/mol. The number of fused-ring (bicyclic) bond motifs is 2. The average molecular weight is 442 g/mol. The molecule has 0 aliphatic rings. The number of halogens is 1. The third-order valence-electron chi connectivity index (χ3n) is 5.59. The first-order valence-electron chi connectivity index (χ1n) is 10.1. The van der Waals surface area contributed by atoms with Crippen LogP contribution < -0.4 is 11.3 Å². The first-order valence-corrected chi connectivity index (χ1v) is 10.1. The summed E-state index contributed by atoms with van der Waals surface area (Å²) in [6, 6.07) is 11.8. The number of rotatable bonds is 3. The Morgan fingerprint density at radius 1 is 1.06 bits per heavy atom. The van der Waals surface area contributed by atoms with Crippen LogP contribution in [0.3, 0.4) is 0 Å². The van der Waals surface area contributed by atoms with Gasteiger partial charge in [-0.25, -0.2) is 4.39 Å². The molecule has 8 nitrogen and oxygen atoms in total. The Morgan fingerprint density at radius 3 is 2.55 bits per heavy atom. The van der Waals surface area contributed by atoms with E-state index in [1.54, 1.807) is 44.6 Å². The van der Waals surface area contributed by atoms with Gasteiger partial charge in [0.2, 0.25) is 0 Å². The highest BCUT2D eigenvalue weighted by atomic mass is 19.1. The predicted molar refractivity (Wildman–Crippen MR) is 125 cm³/mol. The van der Waals surface area contributed by atoms with Crippen LogP contribution in [0.5, 0.6) is 0 Å². The maximum absolute atomic E-state index is 14.2. The molecule has 164 valence electrons. The van der Waals surface area contributed by atoms with E-state index >= 15 is 0 Å². The molecule has 0 fully saturated rings. The molecule has 0 saturated heterocycles. The number of anilines is 1. The summed E-state index contributed by atoms with van der Waals surface area (Å²) in [7, 11) is 3.39. The van der Waals surface area contributed by atoms with Gasteiger partial charge in [-0.15, -0.1) is 0 Å². The Labute approximate surface area is 186 Å². The second-order valence-electron chi connectivity index (χ2n) is 7.89. The van der Waals surface area contributed by atoms with Crippen LogP contribution in [0.15, 0.2) is 59.7 Å². The average Bonchev–Trinajstić information content (AvgIpc) is 3.31. The molecular formula is C24H19FN6O2. The van der Waals surface area contributed by atoms with E-state index in [0.717, 1.165) is 11.1 Å². The van der Waals surface area contributed by atoms with E-state index in [4.69, 9.17) is 5.73 Å². The topological polar surface area (TPSA) is 121 Å². The van der Waals surface area contributed by atoms with Crippen molar-refractivity contribution >= 4 is 33.5 Å². The Morgan fingerprint density at radius 2 is 1.82 bits per heavy atom. The maximum atomic E-state index is 14.2. The number of nitrogens with one attached hydrogen (secondary N) is 2. The molecule has 0 bridgehead atoms. The SMILES string of the molecule is CN(C)C(=O)c1ccc(-c2cnc3c(-c4ccc(F)c5[nH]ncc45)c(N)c(=O)[nH]c3c2)cc1. The Kier molecular flexibility index (Phi) is 4.67. The Balaban J connectivity index is 1.67. The van der Waals surface area contributed by atoms with Crippen molar-refractivity contribution in [2.45, 2.75) is 0 Å². The van der Waals surface area contributed by atoms with E-state index in [1.165, 1.54) is 17.2 Å². The maximum Gasteiger partial charge on any atom is 0.272 e. The minimum absolute atomic E-state index is 0.0107. The highest BCUT2D eigenvalue weighted by Crippen LogP contribution is 2.36. The van der Waals surface area contributed by atoms with Gasteiger partial charge in [0.05, 0.1) is 17.2 Å². The molecule has 0 saturated carbocycles. The van der Waals surface area contributed by atoms with Crippen LogP contribution in [0.1, 0.15) is 10.4 Å². The number of hydrogen-bond donors (Lipinski definition) is 3. The van der Waals surface area contributed by atoms with Crippen molar-refractivity contribution in [3.05, 3.63) is 76.6 Å². The summed E-state index contributed by atoms with van der Waals surface area (Å²) in [5.41, 5.74) is 9.99. The van der Waals surface area contributed by atoms with Crippen LogP contribution >= 0.6 is 0 Å². The first kappa shape index (κ1) is 20.4. The smallest absolute Gasteiger partial charge is 0.272 e. The number of hydrogen-bond acceptors (Lipinski definition) is 5. The van der Waals surface area contributed by atoms with Gasteiger partial charge in [-0.3, -0.25) is 19.7 Å². The van der Waals surface area contributed by atoms with Crippen molar-refractivity contribution < 1.29 is 9.18 Å². The standard InChI is InChI=1S/C24H19FN6O2/c1-31(2)24(33)13-5-3-12(4-6-13)14-9-18-22(27-10-14)19(20(26)23(32)29-18)15-7-8-17(25)21-16(15)11-28-30-21/h3-11H,26H2,1-2H3,(H,28,30)(H,29,32). The molecule has 3 aromatic heterocycles. The molecule has 3 heterocycles. The highest BCUT2D eigenvalue weighted by molar-refractivity contribution is 6.06. The molecule has 0 aliphatic carbocycles. The lowest BCUT2D eigenvalue weighted by atomic mass is 9.98. The normalized spacial score (nSPS) is 11.2. The number of benzene rings is 2. The number of aromatic nitrogens is 4. The monoisotopic (exact) mass is 442 g/mol. The first-order chi connectivity index (χ1) is 15.8. The molecule has 2 aromatic carbocycles. The molecule has 33 heavy (non-hydrogen) atoms. The van der Waals surface area contributed by atoms with Crippen LogP contribution in [0.4, 0.5) is 10.1 Å². The summed E-state index contributed by atoms with van der Waals surface area (Å²) in [6.07, 6.45) is 3.16. The van der Waals surface area contributed by atoms with Gasteiger partial charge in [-0.05, 0) is 35.4 Å². The zero-order valence-corrected chi connectivity index (χ0v) is 17.8. The Bertz CT molecular complexity index is 1600. The van der Waals surface area contributed by atoms with Gasteiger partial charge in [0.15, 0.2) is 0 Å². The van der Waals surface area contributed by atoms with E-state index in [2.05, 4.69) is 20.2 Å². The molecule has 5 rings (SSSR count). The molecule has 4 N–H and O–H groups in total. The lowest BCUT2D eigenvalue weighted by Gasteiger charge is -2.12. The number of pyridine rings is 2. The molecule has 0 spiro atoms. The lowest BCUT2D eigenvalue weighted by molar-refractivity contribution is 0.0827. The minimum Gasteiger partial charge on any atom is -0.394 e. The van der Waals surface area contributed by atoms with E-state index < -0.39 is 11.4 Å². The number of carbonyl (C=O) groups is 1. The molecule has 0 unspecified atom stereocenters. The summed E-state index contributed by atoms with van der Waals surface area (Å²) in [6.45, 7) is 0. The van der Waals surface area contributed by atoms with Crippen molar-refractivity contribution in [1.82, 2.24) is 25.1 Å². The number of nitrogen functional groups attached to an aromatic ring is 1. The number of amides is 1. The second kappa shape index (κ2) is 7.56. The summed E-state index contributed by atoms with van der Waals surface area (Å²) < 4.78 is 14.2. The fourth-order valence-corrected chi connectivity index (χ4v) is 3.90. The molecule has 0 radical (unpaired) electrons. The second-order valence-corrected chi connectivity index (χ2v) is 7.89. The van der Waals surface area contributed by atoms with Crippen molar-refractivity contribution in [3.63, 3.8) is 0 Å². The van der Waals surface area contributed by atoms with Crippen LogP contribution in [0.2, 0.25) is 0 Å². The molecule has 1 amide bonds. The quantitative estimate of drug-likeness (QED) is 0.395. The Hall–Kier alpha value is -4.53. The minimum atomic E-state index is -0.468. The zero-order chi connectivity index (χ0) is 23.3. The van der Waals surface area contributed by atoms with Gasteiger partial charge < -0.3 is 15.6 Å². The number of nitrogens with zero attached hydrogens (tertiary/aromatic N) is 3. The number of carbonyl (C=O) groups excluding carboxylic acids is 1. The third-order valence-corrected chi connectivity index (χ3v) is 5.59. The summed E-state index contributed by atoms with van der Waals surface area (Å²) >= 11 is 0.